The maximum Gasteiger partial charge on any atom is 0.328 e. The van der Waals surface area contributed by atoms with Crippen LogP contribution >= 0.6 is 0 Å². The van der Waals surface area contributed by atoms with Crippen LogP contribution in [0.5, 0.6) is 0 Å². The first-order chi connectivity index (χ1) is 18.3. The number of imidazole rings is 3. The summed E-state index contributed by atoms with van der Waals surface area (Å²) in [7, 11) is 7.29. The molecule has 192 valence electrons. The zero-order valence-electron chi connectivity index (χ0n) is 21.6. The van der Waals surface area contributed by atoms with Gasteiger partial charge in [-0.25, -0.2) is 19.2 Å². The number of hydrogen-bond donors (Lipinski definition) is 0. The molecule has 0 amide bonds. The van der Waals surface area contributed by atoms with Gasteiger partial charge in [-0.3, -0.25) is 18.4 Å². The molecule has 4 aromatic heterocycles. The van der Waals surface area contributed by atoms with Gasteiger partial charge >= 0.3 is 5.69 Å². The summed E-state index contributed by atoms with van der Waals surface area (Å²) in [6, 6.07) is 7.36. The van der Waals surface area contributed by atoms with Crippen LogP contribution in [-0.4, -0.2) is 51.1 Å². The summed E-state index contributed by atoms with van der Waals surface area (Å²) >= 11 is 0. The van der Waals surface area contributed by atoms with Crippen molar-refractivity contribution < 1.29 is 4.39 Å². The van der Waals surface area contributed by atoms with E-state index in [0.717, 1.165) is 47.6 Å². The Morgan fingerprint density at radius 2 is 1.76 bits per heavy atom. The number of aromatic nitrogens is 8. The van der Waals surface area contributed by atoms with Gasteiger partial charge in [-0.1, -0.05) is 0 Å². The van der Waals surface area contributed by atoms with Crippen LogP contribution in [0.2, 0.25) is 0 Å². The monoisotopic (exact) mass is 511 g/mol. The molecule has 5 heterocycles. The van der Waals surface area contributed by atoms with E-state index in [1.54, 1.807) is 65.9 Å². The SMILES string of the molecule is Cn1cc(-c2cc3nc(-c4cncn4C)n(-c4cc(N5CCC5)c5c(c4)n(C)c(=O)n5C)c3cc2F)cn1. The molecule has 0 saturated carbocycles. The molecule has 0 unspecified atom stereocenters. The highest BCUT2D eigenvalue weighted by Crippen LogP contribution is 2.37. The van der Waals surface area contributed by atoms with Gasteiger partial charge in [0.05, 0.1) is 52.2 Å². The third-order valence-electron chi connectivity index (χ3n) is 7.58. The van der Waals surface area contributed by atoms with Gasteiger partial charge in [0, 0.05) is 64.7 Å². The van der Waals surface area contributed by atoms with E-state index in [1.807, 2.05) is 22.2 Å². The molecule has 11 heteroatoms. The number of benzene rings is 2. The van der Waals surface area contributed by atoms with E-state index in [2.05, 4.69) is 21.0 Å². The maximum atomic E-state index is 15.6. The first-order valence-electron chi connectivity index (χ1n) is 12.4. The summed E-state index contributed by atoms with van der Waals surface area (Å²) in [6.45, 7) is 1.84. The van der Waals surface area contributed by atoms with Crippen LogP contribution in [0.25, 0.3) is 50.4 Å². The van der Waals surface area contributed by atoms with Gasteiger partial charge in [0.15, 0.2) is 5.82 Å². The van der Waals surface area contributed by atoms with Crippen LogP contribution in [0.1, 0.15) is 6.42 Å². The van der Waals surface area contributed by atoms with Crippen molar-refractivity contribution in [3.8, 4) is 28.3 Å². The summed E-state index contributed by atoms with van der Waals surface area (Å²) in [5.74, 6) is 0.275. The first-order valence-corrected chi connectivity index (χ1v) is 12.4. The Morgan fingerprint density at radius 1 is 0.947 bits per heavy atom. The highest BCUT2D eigenvalue weighted by Gasteiger charge is 2.25. The van der Waals surface area contributed by atoms with Crippen LogP contribution in [0.15, 0.2) is 54.0 Å². The minimum absolute atomic E-state index is 0.0894. The number of fused-ring (bicyclic) bond motifs is 2. The largest absolute Gasteiger partial charge is 0.370 e. The minimum atomic E-state index is -0.362. The standard InChI is InChI=1S/C27H26FN9O/c1-32-15-29-13-24(32)26-31-20-10-18(16-12-30-33(2)14-16)19(28)11-21(20)37(26)17-8-22-25(35(4)27(38)34(22)3)23(9-17)36-6-5-7-36/h8-15H,5-7H2,1-4H3. The Hall–Kier alpha value is -4.67. The van der Waals surface area contributed by atoms with Crippen molar-refractivity contribution >= 4 is 27.8 Å². The van der Waals surface area contributed by atoms with Crippen molar-refractivity contribution in [1.82, 2.24) is 38.0 Å². The number of anilines is 1. The van der Waals surface area contributed by atoms with Gasteiger partial charge in [0.2, 0.25) is 0 Å². The molecule has 0 spiro atoms. The molecule has 38 heavy (non-hydrogen) atoms. The van der Waals surface area contributed by atoms with Gasteiger partial charge in [0.25, 0.3) is 0 Å². The molecule has 0 bridgehead atoms. The van der Waals surface area contributed by atoms with Gasteiger partial charge in [0.1, 0.15) is 11.5 Å². The molecule has 10 nitrogen and oxygen atoms in total. The second-order valence-electron chi connectivity index (χ2n) is 9.96. The van der Waals surface area contributed by atoms with Crippen LogP contribution in [-0.2, 0) is 28.2 Å². The summed E-state index contributed by atoms with van der Waals surface area (Å²) in [4.78, 5) is 24.5. The molecule has 0 radical (unpaired) electrons. The molecule has 1 fully saturated rings. The molecule has 0 atom stereocenters. The lowest BCUT2D eigenvalue weighted by Crippen LogP contribution is -2.37. The fourth-order valence-electron chi connectivity index (χ4n) is 5.43. The molecular weight excluding hydrogens is 485 g/mol. The summed E-state index contributed by atoms with van der Waals surface area (Å²) < 4.78 is 24.5. The van der Waals surface area contributed by atoms with Crippen molar-refractivity contribution in [1.29, 1.82) is 0 Å². The average molecular weight is 512 g/mol. The Morgan fingerprint density at radius 3 is 2.42 bits per heavy atom. The van der Waals surface area contributed by atoms with Crippen LogP contribution in [0.3, 0.4) is 0 Å². The lowest BCUT2D eigenvalue weighted by atomic mass is 10.1. The highest BCUT2D eigenvalue weighted by atomic mass is 19.1. The topological polar surface area (TPSA) is 83.6 Å². The van der Waals surface area contributed by atoms with Crippen LogP contribution in [0.4, 0.5) is 10.1 Å². The van der Waals surface area contributed by atoms with E-state index in [9.17, 15) is 4.79 Å². The number of rotatable bonds is 4. The van der Waals surface area contributed by atoms with Crippen LogP contribution in [0, 0.1) is 5.82 Å². The highest BCUT2D eigenvalue weighted by molar-refractivity contribution is 5.94. The third-order valence-corrected chi connectivity index (χ3v) is 7.58. The van der Waals surface area contributed by atoms with Crippen molar-refractivity contribution in [3.63, 3.8) is 0 Å². The van der Waals surface area contributed by atoms with Crippen LogP contribution < -0.4 is 10.6 Å². The molecular formula is C27H26FN9O. The normalized spacial score (nSPS) is 13.7. The zero-order chi connectivity index (χ0) is 26.3. The molecule has 7 rings (SSSR count). The van der Waals surface area contributed by atoms with E-state index in [1.165, 1.54) is 6.07 Å². The predicted molar refractivity (Wildman–Crippen MR) is 144 cm³/mol. The first kappa shape index (κ1) is 22.5. The molecule has 0 N–H and O–H groups in total. The molecule has 1 aliphatic heterocycles. The smallest absolute Gasteiger partial charge is 0.328 e. The lowest BCUT2D eigenvalue weighted by Gasteiger charge is -2.34. The van der Waals surface area contributed by atoms with Crippen molar-refractivity contribution in [2.24, 2.45) is 28.2 Å². The summed E-state index contributed by atoms with van der Waals surface area (Å²) in [5, 5.41) is 4.20. The quantitative estimate of drug-likeness (QED) is 0.363. The number of aryl methyl sites for hydroxylation is 4. The fraction of sp³-hybridized carbons (Fsp3) is 0.259. The van der Waals surface area contributed by atoms with E-state index < -0.39 is 0 Å². The minimum Gasteiger partial charge on any atom is -0.370 e. The number of nitrogens with zero attached hydrogens (tertiary/aromatic N) is 9. The Bertz CT molecular complexity index is 1950. The fourth-order valence-corrected chi connectivity index (χ4v) is 5.43. The van der Waals surface area contributed by atoms with Gasteiger partial charge < -0.3 is 9.47 Å². The number of hydrogen-bond acceptors (Lipinski definition) is 5. The maximum absolute atomic E-state index is 15.6. The van der Waals surface area contributed by atoms with Gasteiger partial charge in [-0.05, 0) is 24.6 Å². The second-order valence-corrected chi connectivity index (χ2v) is 9.96. The Kier molecular flexibility index (Phi) is 4.69. The van der Waals surface area contributed by atoms with Crippen molar-refractivity contribution in [2.75, 3.05) is 18.0 Å². The van der Waals surface area contributed by atoms with Gasteiger partial charge in [-0.2, -0.15) is 5.10 Å². The molecule has 6 aromatic rings. The average Bonchev–Trinajstić information content (AvgIpc) is 3.61. The predicted octanol–water partition coefficient (Wildman–Crippen LogP) is 3.37. The summed E-state index contributed by atoms with van der Waals surface area (Å²) in [6.07, 6.45) is 8.00. The molecule has 1 aliphatic rings. The zero-order valence-corrected chi connectivity index (χ0v) is 21.6. The summed E-state index contributed by atoms with van der Waals surface area (Å²) in [5.41, 5.74) is 6.57. The molecule has 0 aliphatic carbocycles. The molecule has 1 saturated heterocycles. The second kappa shape index (κ2) is 7.91. The van der Waals surface area contributed by atoms with Gasteiger partial charge in [-0.15, -0.1) is 0 Å². The lowest BCUT2D eigenvalue weighted by molar-refractivity contribution is 0.618. The van der Waals surface area contributed by atoms with E-state index in [-0.39, 0.29) is 11.5 Å². The van der Waals surface area contributed by atoms with Crippen molar-refractivity contribution in [2.45, 2.75) is 6.42 Å². The number of halogens is 1. The Balaban J connectivity index is 1.56. The Labute approximate surface area is 216 Å². The van der Waals surface area contributed by atoms with E-state index in [4.69, 9.17) is 4.98 Å². The van der Waals surface area contributed by atoms with E-state index in [0.29, 0.717) is 28.0 Å². The molecule has 2 aromatic carbocycles. The third kappa shape index (κ3) is 3.11. The van der Waals surface area contributed by atoms with Crippen molar-refractivity contribution in [3.05, 3.63) is 65.5 Å². The van der Waals surface area contributed by atoms with E-state index >= 15 is 4.39 Å².